The molecule has 2 rings (SSSR count). The van der Waals surface area contributed by atoms with Crippen molar-refractivity contribution in [1.29, 1.82) is 0 Å². The Hall–Kier alpha value is -1.21. The second-order valence-corrected chi connectivity index (χ2v) is 8.18. The van der Waals surface area contributed by atoms with Crippen molar-refractivity contribution in [2.24, 2.45) is 5.73 Å². The molecule has 0 bridgehead atoms. The van der Waals surface area contributed by atoms with Crippen LogP contribution in [0, 0.1) is 6.92 Å². The van der Waals surface area contributed by atoms with Gasteiger partial charge in [0.2, 0.25) is 10.0 Å². The molecule has 1 aromatic heterocycles. The molecule has 2 unspecified atom stereocenters. The highest BCUT2D eigenvalue weighted by Crippen LogP contribution is 2.24. The largest absolute Gasteiger partial charge is 0.324 e. The minimum absolute atomic E-state index is 0.109. The van der Waals surface area contributed by atoms with Crippen LogP contribution in [-0.2, 0) is 10.0 Å². The maximum Gasteiger partial charge on any atom is 0.241 e. The second kappa shape index (κ2) is 6.27. The van der Waals surface area contributed by atoms with Gasteiger partial charge in [-0.3, -0.25) is 0 Å². The molecule has 0 radical (unpaired) electrons. The van der Waals surface area contributed by atoms with Crippen molar-refractivity contribution in [3.05, 3.63) is 51.7 Å². The standard InChI is InChI=1S/C15H20N2O2S2/c1-10-4-9-15(20-10)12(3)17-21(18,19)14-7-5-13(6-8-14)11(2)16/h4-9,11-12,17H,16H2,1-3H3. The van der Waals surface area contributed by atoms with E-state index in [-0.39, 0.29) is 17.0 Å². The smallest absolute Gasteiger partial charge is 0.241 e. The second-order valence-electron chi connectivity index (χ2n) is 5.15. The molecule has 1 heterocycles. The zero-order chi connectivity index (χ0) is 15.6. The molecule has 0 aliphatic rings. The first kappa shape index (κ1) is 16.2. The molecule has 0 amide bonds. The number of hydrogen-bond donors (Lipinski definition) is 2. The number of rotatable bonds is 5. The number of thiophene rings is 1. The molecule has 0 aliphatic carbocycles. The van der Waals surface area contributed by atoms with Gasteiger partial charge in [-0.25, -0.2) is 13.1 Å². The van der Waals surface area contributed by atoms with E-state index in [0.717, 1.165) is 15.3 Å². The van der Waals surface area contributed by atoms with Gasteiger partial charge in [0.15, 0.2) is 0 Å². The summed E-state index contributed by atoms with van der Waals surface area (Å²) in [7, 11) is -3.53. The number of hydrogen-bond acceptors (Lipinski definition) is 4. The van der Waals surface area contributed by atoms with Gasteiger partial charge in [-0.1, -0.05) is 12.1 Å². The molecule has 0 aliphatic heterocycles. The molecule has 0 spiro atoms. The van der Waals surface area contributed by atoms with Crippen LogP contribution in [0.1, 0.15) is 41.2 Å². The van der Waals surface area contributed by atoms with Gasteiger partial charge in [0.25, 0.3) is 0 Å². The Morgan fingerprint density at radius 2 is 1.71 bits per heavy atom. The molecule has 2 atom stereocenters. The lowest BCUT2D eigenvalue weighted by Gasteiger charge is -2.13. The molecule has 21 heavy (non-hydrogen) atoms. The Bertz CT molecular complexity index is 704. The van der Waals surface area contributed by atoms with Crippen LogP contribution in [0.5, 0.6) is 0 Å². The summed E-state index contributed by atoms with van der Waals surface area (Å²) in [6.45, 7) is 5.71. The first-order valence-electron chi connectivity index (χ1n) is 6.74. The van der Waals surface area contributed by atoms with E-state index < -0.39 is 10.0 Å². The maximum atomic E-state index is 12.4. The lowest BCUT2D eigenvalue weighted by Crippen LogP contribution is -2.26. The van der Waals surface area contributed by atoms with Crippen LogP contribution in [-0.4, -0.2) is 8.42 Å². The van der Waals surface area contributed by atoms with Crippen molar-refractivity contribution < 1.29 is 8.42 Å². The maximum absolute atomic E-state index is 12.4. The Labute approximate surface area is 130 Å². The molecule has 1 aromatic carbocycles. The van der Waals surface area contributed by atoms with E-state index in [1.54, 1.807) is 35.6 Å². The lowest BCUT2D eigenvalue weighted by atomic mass is 10.1. The van der Waals surface area contributed by atoms with E-state index in [1.807, 2.05) is 32.9 Å². The first-order chi connectivity index (χ1) is 9.79. The van der Waals surface area contributed by atoms with Gasteiger partial charge in [-0.2, -0.15) is 0 Å². The SMILES string of the molecule is Cc1ccc(C(C)NS(=O)(=O)c2ccc(C(C)N)cc2)s1. The minimum atomic E-state index is -3.53. The quantitative estimate of drug-likeness (QED) is 0.887. The summed E-state index contributed by atoms with van der Waals surface area (Å²) in [4.78, 5) is 2.42. The van der Waals surface area contributed by atoms with Gasteiger partial charge < -0.3 is 5.73 Å². The molecule has 4 nitrogen and oxygen atoms in total. The summed E-state index contributed by atoms with van der Waals surface area (Å²) < 4.78 is 27.4. The van der Waals surface area contributed by atoms with E-state index in [9.17, 15) is 8.42 Å². The zero-order valence-electron chi connectivity index (χ0n) is 12.3. The fraction of sp³-hybridized carbons (Fsp3) is 0.333. The Morgan fingerprint density at radius 1 is 1.10 bits per heavy atom. The fourth-order valence-corrected chi connectivity index (χ4v) is 4.17. The van der Waals surface area contributed by atoms with E-state index >= 15 is 0 Å². The van der Waals surface area contributed by atoms with Crippen molar-refractivity contribution in [2.45, 2.75) is 37.8 Å². The van der Waals surface area contributed by atoms with Crippen LogP contribution in [0.4, 0.5) is 0 Å². The normalized spacial score (nSPS) is 14.9. The van der Waals surface area contributed by atoms with Crippen LogP contribution >= 0.6 is 11.3 Å². The van der Waals surface area contributed by atoms with Crippen molar-refractivity contribution in [1.82, 2.24) is 4.72 Å². The number of benzene rings is 1. The highest BCUT2D eigenvalue weighted by Gasteiger charge is 2.19. The van der Waals surface area contributed by atoms with Gasteiger partial charge in [0, 0.05) is 15.8 Å². The summed E-state index contributed by atoms with van der Waals surface area (Å²) in [6.07, 6.45) is 0. The van der Waals surface area contributed by atoms with Crippen molar-refractivity contribution in [2.75, 3.05) is 0 Å². The summed E-state index contributed by atoms with van der Waals surface area (Å²) in [5.74, 6) is 0. The molecule has 0 fully saturated rings. The van der Waals surface area contributed by atoms with E-state index in [1.165, 1.54) is 0 Å². The molecule has 6 heteroatoms. The van der Waals surface area contributed by atoms with Gasteiger partial charge in [0.1, 0.15) is 0 Å². The number of sulfonamides is 1. The van der Waals surface area contributed by atoms with Crippen LogP contribution in [0.15, 0.2) is 41.3 Å². The van der Waals surface area contributed by atoms with Crippen LogP contribution in [0.25, 0.3) is 0 Å². The fourth-order valence-electron chi connectivity index (χ4n) is 2.00. The topological polar surface area (TPSA) is 72.2 Å². The molecule has 114 valence electrons. The molecule has 2 aromatic rings. The van der Waals surface area contributed by atoms with Gasteiger partial charge >= 0.3 is 0 Å². The van der Waals surface area contributed by atoms with Crippen molar-refractivity contribution in [3.8, 4) is 0 Å². The van der Waals surface area contributed by atoms with E-state index in [2.05, 4.69) is 4.72 Å². The number of nitrogens with one attached hydrogen (secondary N) is 1. The molecule has 3 N–H and O–H groups in total. The highest BCUT2D eigenvalue weighted by molar-refractivity contribution is 7.89. The summed E-state index contributed by atoms with van der Waals surface area (Å²) in [5.41, 5.74) is 6.68. The van der Waals surface area contributed by atoms with E-state index in [4.69, 9.17) is 5.73 Å². The molecular formula is C15H20N2O2S2. The summed E-state index contributed by atoms with van der Waals surface area (Å²) >= 11 is 1.59. The van der Waals surface area contributed by atoms with Crippen molar-refractivity contribution in [3.63, 3.8) is 0 Å². The van der Waals surface area contributed by atoms with Crippen LogP contribution in [0.3, 0.4) is 0 Å². The van der Waals surface area contributed by atoms with Gasteiger partial charge in [0.05, 0.1) is 10.9 Å². The first-order valence-corrected chi connectivity index (χ1v) is 9.04. The third kappa shape index (κ3) is 3.91. The molecule has 0 saturated carbocycles. The third-order valence-corrected chi connectivity index (χ3v) is 5.98. The lowest BCUT2D eigenvalue weighted by molar-refractivity contribution is 0.568. The Kier molecular flexibility index (Phi) is 4.83. The van der Waals surface area contributed by atoms with E-state index in [0.29, 0.717) is 0 Å². The van der Waals surface area contributed by atoms with Gasteiger partial charge in [-0.05, 0) is 50.6 Å². The predicted octanol–water partition coefficient (Wildman–Crippen LogP) is 3.12. The summed E-state index contributed by atoms with van der Waals surface area (Å²) in [6, 6.07) is 10.3. The number of aryl methyl sites for hydroxylation is 1. The Balaban J connectivity index is 2.18. The van der Waals surface area contributed by atoms with Crippen LogP contribution < -0.4 is 10.5 Å². The highest BCUT2D eigenvalue weighted by atomic mass is 32.2. The van der Waals surface area contributed by atoms with Crippen LogP contribution in [0.2, 0.25) is 0 Å². The summed E-state index contributed by atoms with van der Waals surface area (Å²) in [5, 5.41) is 0. The predicted molar refractivity (Wildman–Crippen MR) is 86.8 cm³/mol. The monoisotopic (exact) mass is 324 g/mol. The Morgan fingerprint density at radius 3 is 2.19 bits per heavy atom. The van der Waals surface area contributed by atoms with Gasteiger partial charge in [-0.15, -0.1) is 11.3 Å². The average molecular weight is 324 g/mol. The minimum Gasteiger partial charge on any atom is -0.324 e. The number of nitrogens with two attached hydrogens (primary N) is 1. The van der Waals surface area contributed by atoms with Crippen molar-refractivity contribution >= 4 is 21.4 Å². The third-order valence-electron chi connectivity index (χ3n) is 3.24. The molecule has 0 saturated heterocycles. The zero-order valence-corrected chi connectivity index (χ0v) is 14.0. The average Bonchev–Trinajstić information content (AvgIpc) is 2.85. The molecular weight excluding hydrogens is 304 g/mol.